The van der Waals surface area contributed by atoms with Gasteiger partial charge in [0, 0.05) is 32.1 Å². The maximum Gasteiger partial charge on any atom is 0.418 e. The Morgan fingerprint density at radius 3 is 2.50 bits per heavy atom. The van der Waals surface area contributed by atoms with E-state index in [2.05, 4.69) is 0 Å². The van der Waals surface area contributed by atoms with Gasteiger partial charge in [-0.2, -0.15) is 13.2 Å². The molecule has 5 nitrogen and oxygen atoms in total. The van der Waals surface area contributed by atoms with E-state index in [-0.39, 0.29) is 24.2 Å². The standard InChI is InChI=1S/C18H23F3N2O3/c1-17(2,3)26-16(25)23-6-5-14-12(9-23)11-7-10(24)8-13(18(19,20)21)15(11)22(14)4/h7-8,12,14,24H,5-6,9H2,1-4H3/t12-,14-/m1/s1. The summed E-state index contributed by atoms with van der Waals surface area (Å²) in [5.74, 6) is -0.719. The van der Waals surface area contributed by atoms with E-state index in [1.165, 1.54) is 11.0 Å². The summed E-state index contributed by atoms with van der Waals surface area (Å²) in [7, 11) is 1.64. The fourth-order valence-electron chi connectivity index (χ4n) is 3.90. The van der Waals surface area contributed by atoms with Crippen LogP contribution in [-0.2, 0) is 10.9 Å². The smallest absolute Gasteiger partial charge is 0.418 e. The number of hydrogen-bond acceptors (Lipinski definition) is 4. The Bertz CT molecular complexity index is 728. The van der Waals surface area contributed by atoms with E-state index in [0.29, 0.717) is 18.5 Å². The van der Waals surface area contributed by atoms with Crippen LogP contribution < -0.4 is 4.90 Å². The van der Waals surface area contributed by atoms with Crippen LogP contribution in [0.25, 0.3) is 0 Å². The SMILES string of the molecule is CN1c2c(cc(O)cc2C(F)(F)F)[C@H]2CN(C(=O)OC(C)(C)C)CC[C@H]21. The van der Waals surface area contributed by atoms with Crippen LogP contribution in [0, 0.1) is 0 Å². The molecule has 0 saturated carbocycles. The minimum atomic E-state index is -4.56. The van der Waals surface area contributed by atoms with Crippen LogP contribution in [0.4, 0.5) is 23.7 Å². The monoisotopic (exact) mass is 372 g/mol. The second kappa shape index (κ2) is 5.96. The third kappa shape index (κ3) is 3.29. The largest absolute Gasteiger partial charge is 0.508 e. The highest BCUT2D eigenvalue weighted by Gasteiger charge is 2.47. The van der Waals surface area contributed by atoms with E-state index in [0.717, 1.165) is 6.07 Å². The number of ether oxygens (including phenoxy) is 1. The fourth-order valence-corrected chi connectivity index (χ4v) is 3.90. The van der Waals surface area contributed by atoms with Crippen LogP contribution in [0.1, 0.15) is 44.2 Å². The number of anilines is 1. The predicted molar refractivity (Wildman–Crippen MR) is 90.5 cm³/mol. The molecule has 1 saturated heterocycles. The molecular formula is C18H23F3N2O3. The molecule has 2 atom stereocenters. The van der Waals surface area contributed by atoms with Crippen molar-refractivity contribution in [2.45, 2.75) is 50.9 Å². The fraction of sp³-hybridized carbons (Fsp3) is 0.611. The molecule has 1 amide bonds. The number of rotatable bonds is 0. The number of carbonyl (C=O) groups is 1. The van der Waals surface area contributed by atoms with Crippen LogP contribution in [0.5, 0.6) is 5.75 Å². The Morgan fingerprint density at radius 1 is 1.27 bits per heavy atom. The van der Waals surface area contributed by atoms with Crippen LogP contribution in [0.2, 0.25) is 0 Å². The minimum absolute atomic E-state index is 0.0938. The number of amides is 1. The van der Waals surface area contributed by atoms with E-state index < -0.39 is 29.2 Å². The van der Waals surface area contributed by atoms with E-state index >= 15 is 0 Å². The highest BCUT2D eigenvalue weighted by molar-refractivity contribution is 5.72. The number of likely N-dealkylation sites (N-methyl/N-ethyl adjacent to an activating group) is 1. The summed E-state index contributed by atoms with van der Waals surface area (Å²) in [6, 6.07) is 1.99. The van der Waals surface area contributed by atoms with Crippen molar-refractivity contribution in [1.82, 2.24) is 4.90 Å². The number of piperidine rings is 1. The number of hydrogen-bond donors (Lipinski definition) is 1. The Kier molecular flexibility index (Phi) is 4.28. The summed E-state index contributed by atoms with van der Waals surface area (Å²) >= 11 is 0. The van der Waals surface area contributed by atoms with Crippen molar-refractivity contribution in [3.8, 4) is 5.75 Å². The zero-order valence-corrected chi connectivity index (χ0v) is 15.2. The molecule has 2 heterocycles. The maximum atomic E-state index is 13.4. The van der Waals surface area contributed by atoms with Gasteiger partial charge in [-0.3, -0.25) is 0 Å². The Morgan fingerprint density at radius 2 is 1.92 bits per heavy atom. The molecule has 2 aliphatic rings. The highest BCUT2D eigenvalue weighted by atomic mass is 19.4. The van der Waals surface area contributed by atoms with E-state index in [9.17, 15) is 23.1 Å². The molecule has 26 heavy (non-hydrogen) atoms. The van der Waals surface area contributed by atoms with Gasteiger partial charge < -0.3 is 19.6 Å². The van der Waals surface area contributed by atoms with Gasteiger partial charge in [0.15, 0.2) is 0 Å². The van der Waals surface area contributed by atoms with Crippen molar-refractivity contribution in [2.24, 2.45) is 0 Å². The van der Waals surface area contributed by atoms with E-state index in [4.69, 9.17) is 4.74 Å². The third-order valence-corrected chi connectivity index (χ3v) is 4.91. The second-order valence-corrected chi connectivity index (χ2v) is 7.93. The number of nitrogens with zero attached hydrogens (tertiary/aromatic N) is 2. The molecule has 8 heteroatoms. The van der Waals surface area contributed by atoms with Crippen molar-refractivity contribution < 1.29 is 27.8 Å². The summed E-state index contributed by atoms with van der Waals surface area (Å²) in [5, 5.41) is 9.82. The number of phenols is 1. The van der Waals surface area contributed by atoms with Gasteiger partial charge in [0.1, 0.15) is 11.4 Å². The lowest BCUT2D eigenvalue weighted by Gasteiger charge is -2.38. The van der Waals surface area contributed by atoms with Gasteiger partial charge in [-0.25, -0.2) is 4.79 Å². The average molecular weight is 372 g/mol. The second-order valence-electron chi connectivity index (χ2n) is 7.93. The van der Waals surface area contributed by atoms with Crippen molar-refractivity contribution in [3.05, 3.63) is 23.3 Å². The molecule has 0 aliphatic carbocycles. The summed E-state index contributed by atoms with van der Waals surface area (Å²) in [6.07, 6.45) is -4.49. The minimum Gasteiger partial charge on any atom is -0.508 e. The molecule has 0 bridgehead atoms. The summed E-state index contributed by atoms with van der Waals surface area (Å²) in [5.41, 5.74) is -0.956. The molecule has 0 aromatic heterocycles. The maximum absolute atomic E-state index is 13.4. The van der Waals surface area contributed by atoms with Crippen LogP contribution in [0.3, 0.4) is 0 Å². The van der Waals surface area contributed by atoms with Gasteiger partial charge in [0.2, 0.25) is 0 Å². The van der Waals surface area contributed by atoms with Crippen LogP contribution >= 0.6 is 0 Å². The number of benzene rings is 1. The highest BCUT2D eigenvalue weighted by Crippen LogP contribution is 2.51. The lowest BCUT2D eigenvalue weighted by atomic mass is 9.88. The zero-order valence-electron chi connectivity index (χ0n) is 15.2. The number of carbonyl (C=O) groups excluding carboxylic acids is 1. The number of alkyl halides is 3. The van der Waals surface area contributed by atoms with Gasteiger partial charge in [-0.1, -0.05) is 0 Å². The van der Waals surface area contributed by atoms with Crippen molar-refractivity contribution in [2.75, 3.05) is 25.0 Å². The van der Waals surface area contributed by atoms with Gasteiger partial charge >= 0.3 is 12.3 Å². The molecule has 1 fully saturated rings. The number of aromatic hydroxyl groups is 1. The lowest BCUT2D eigenvalue weighted by molar-refractivity contribution is -0.137. The normalized spacial score (nSPS) is 22.9. The molecule has 0 spiro atoms. The lowest BCUT2D eigenvalue weighted by Crippen LogP contribution is -2.48. The Balaban J connectivity index is 1.94. The number of halogens is 3. The van der Waals surface area contributed by atoms with Gasteiger partial charge in [-0.05, 0) is 44.9 Å². The molecule has 1 aromatic rings. The van der Waals surface area contributed by atoms with Gasteiger partial charge in [-0.15, -0.1) is 0 Å². The number of phenolic OH excluding ortho intramolecular Hbond substituents is 1. The molecule has 0 radical (unpaired) electrons. The van der Waals surface area contributed by atoms with Crippen molar-refractivity contribution in [1.29, 1.82) is 0 Å². The summed E-state index contributed by atoms with van der Waals surface area (Å²) in [4.78, 5) is 15.5. The summed E-state index contributed by atoms with van der Waals surface area (Å²) < 4.78 is 45.7. The van der Waals surface area contributed by atoms with Gasteiger partial charge in [0.25, 0.3) is 0 Å². The third-order valence-electron chi connectivity index (χ3n) is 4.91. The first-order valence-corrected chi connectivity index (χ1v) is 8.53. The molecule has 1 N–H and O–H groups in total. The van der Waals surface area contributed by atoms with Crippen LogP contribution in [0.15, 0.2) is 12.1 Å². The van der Waals surface area contributed by atoms with Crippen molar-refractivity contribution >= 4 is 11.8 Å². The average Bonchev–Trinajstić information content (AvgIpc) is 2.76. The quantitative estimate of drug-likeness (QED) is 0.749. The molecule has 2 aliphatic heterocycles. The number of likely N-dealkylation sites (tertiary alicyclic amines) is 1. The predicted octanol–water partition coefficient (Wildman–Crippen LogP) is 3.95. The molecule has 0 unspecified atom stereocenters. The summed E-state index contributed by atoms with van der Waals surface area (Å²) in [6.45, 7) is 5.98. The van der Waals surface area contributed by atoms with E-state index in [1.807, 2.05) is 0 Å². The Hall–Kier alpha value is -2.12. The Labute approximate surface area is 150 Å². The van der Waals surface area contributed by atoms with E-state index in [1.54, 1.807) is 32.7 Å². The molecule has 144 valence electrons. The van der Waals surface area contributed by atoms with Crippen LogP contribution in [-0.4, -0.2) is 47.9 Å². The molecular weight excluding hydrogens is 349 g/mol. The zero-order chi connectivity index (χ0) is 19.4. The molecule has 1 aromatic carbocycles. The first-order chi connectivity index (χ1) is 11.9. The topological polar surface area (TPSA) is 53.0 Å². The van der Waals surface area contributed by atoms with Gasteiger partial charge in [0.05, 0.1) is 11.3 Å². The van der Waals surface area contributed by atoms with Crippen molar-refractivity contribution in [3.63, 3.8) is 0 Å². The molecule has 3 rings (SSSR count). The number of fused-ring (bicyclic) bond motifs is 3. The first kappa shape index (κ1) is 18.7. The first-order valence-electron chi connectivity index (χ1n) is 8.53.